The van der Waals surface area contributed by atoms with Gasteiger partial charge in [0.15, 0.2) is 11.6 Å². The molecule has 0 aliphatic carbocycles. The van der Waals surface area contributed by atoms with Gasteiger partial charge in [-0.3, -0.25) is 0 Å². The fraction of sp³-hybridized carbons (Fsp3) is 0.200. The molecular weight excluding hydrogens is 344 g/mol. The van der Waals surface area contributed by atoms with Crippen molar-refractivity contribution in [3.63, 3.8) is 0 Å². The van der Waals surface area contributed by atoms with Crippen molar-refractivity contribution in [2.45, 2.75) is 13.8 Å². The molecule has 22 heavy (non-hydrogen) atoms. The first kappa shape index (κ1) is 15.5. The summed E-state index contributed by atoms with van der Waals surface area (Å²) in [7, 11) is 1.70. The third-order valence-electron chi connectivity index (χ3n) is 3.46. The lowest BCUT2D eigenvalue weighted by atomic mass is 10.2. The predicted molar refractivity (Wildman–Crippen MR) is 89.2 cm³/mol. The summed E-state index contributed by atoms with van der Waals surface area (Å²) in [6.45, 7) is 3.95. The van der Waals surface area contributed by atoms with E-state index in [4.69, 9.17) is 23.2 Å². The molecule has 0 unspecified atom stereocenters. The van der Waals surface area contributed by atoms with Crippen LogP contribution in [0, 0.1) is 19.7 Å². The molecule has 7 heteroatoms. The SMILES string of the molecule is Cc1sc(-c2nc(-c3c(F)cccc3Cl)n(C)n2)c(Cl)c1C. The third kappa shape index (κ3) is 2.43. The maximum atomic E-state index is 14.1. The van der Waals surface area contributed by atoms with Gasteiger partial charge in [0.1, 0.15) is 5.82 Å². The van der Waals surface area contributed by atoms with Crippen molar-refractivity contribution in [2.24, 2.45) is 7.05 Å². The first-order chi connectivity index (χ1) is 10.4. The highest BCUT2D eigenvalue weighted by atomic mass is 35.5. The Bertz CT molecular complexity index is 850. The number of thiophene rings is 1. The van der Waals surface area contributed by atoms with Gasteiger partial charge in [0.05, 0.1) is 20.5 Å². The van der Waals surface area contributed by atoms with Gasteiger partial charge >= 0.3 is 0 Å². The highest BCUT2D eigenvalue weighted by Gasteiger charge is 2.21. The average molecular weight is 356 g/mol. The molecule has 0 bridgehead atoms. The molecule has 0 aliphatic rings. The van der Waals surface area contributed by atoms with Gasteiger partial charge in [0.2, 0.25) is 0 Å². The second kappa shape index (κ2) is 5.65. The maximum Gasteiger partial charge on any atom is 0.193 e. The van der Waals surface area contributed by atoms with E-state index in [0.29, 0.717) is 21.7 Å². The van der Waals surface area contributed by atoms with Gasteiger partial charge < -0.3 is 0 Å². The summed E-state index contributed by atoms with van der Waals surface area (Å²) in [5.74, 6) is 0.417. The molecule has 1 aromatic carbocycles. The number of nitrogens with zero attached hydrogens (tertiary/aromatic N) is 3. The van der Waals surface area contributed by atoms with Gasteiger partial charge in [-0.25, -0.2) is 14.1 Å². The molecule has 0 amide bonds. The van der Waals surface area contributed by atoms with E-state index < -0.39 is 5.82 Å². The van der Waals surface area contributed by atoms with Gasteiger partial charge in [0.25, 0.3) is 0 Å². The Morgan fingerprint density at radius 2 is 1.95 bits per heavy atom. The van der Waals surface area contributed by atoms with Crippen LogP contribution < -0.4 is 0 Å². The van der Waals surface area contributed by atoms with Crippen LogP contribution in [0.15, 0.2) is 18.2 Å². The summed E-state index contributed by atoms with van der Waals surface area (Å²) >= 11 is 14.0. The standard InChI is InChI=1S/C15H12Cl2FN3S/c1-7-8(2)22-13(12(7)17)14-19-15(21(3)20-14)11-9(16)5-4-6-10(11)18/h4-6H,1-3H3. The Balaban J connectivity index is 2.18. The lowest BCUT2D eigenvalue weighted by molar-refractivity contribution is 0.627. The quantitative estimate of drug-likeness (QED) is 0.626. The van der Waals surface area contributed by atoms with Crippen LogP contribution in [0.4, 0.5) is 4.39 Å². The molecule has 3 rings (SSSR count). The van der Waals surface area contributed by atoms with Crippen molar-refractivity contribution in [3.8, 4) is 22.1 Å². The second-order valence-corrected chi connectivity index (χ2v) is 6.92. The number of benzene rings is 1. The molecule has 0 atom stereocenters. The lowest BCUT2D eigenvalue weighted by Crippen LogP contribution is -1.97. The van der Waals surface area contributed by atoms with Gasteiger partial charge in [0, 0.05) is 11.9 Å². The van der Waals surface area contributed by atoms with Crippen LogP contribution in [-0.4, -0.2) is 14.8 Å². The van der Waals surface area contributed by atoms with Crippen molar-refractivity contribution in [2.75, 3.05) is 0 Å². The van der Waals surface area contributed by atoms with E-state index in [1.54, 1.807) is 19.2 Å². The molecule has 0 fully saturated rings. The number of aromatic nitrogens is 3. The number of hydrogen-bond donors (Lipinski definition) is 0. The summed E-state index contributed by atoms with van der Waals surface area (Å²) in [5.41, 5.74) is 1.26. The molecular formula is C15H12Cl2FN3S. The first-order valence-corrected chi connectivity index (χ1v) is 8.08. The highest BCUT2D eigenvalue weighted by Crippen LogP contribution is 2.39. The van der Waals surface area contributed by atoms with Gasteiger partial charge in [-0.15, -0.1) is 16.4 Å². The van der Waals surface area contributed by atoms with Crippen LogP contribution in [0.1, 0.15) is 10.4 Å². The summed E-state index contributed by atoms with van der Waals surface area (Å²) in [6, 6.07) is 4.53. The minimum Gasteiger partial charge on any atom is -0.248 e. The zero-order valence-corrected chi connectivity index (χ0v) is 14.4. The fourth-order valence-corrected chi connectivity index (χ4v) is 3.78. The Morgan fingerprint density at radius 3 is 2.55 bits per heavy atom. The molecule has 0 saturated heterocycles. The molecule has 2 aromatic heterocycles. The largest absolute Gasteiger partial charge is 0.248 e. The smallest absolute Gasteiger partial charge is 0.193 e. The fourth-order valence-electron chi connectivity index (χ4n) is 2.15. The van der Waals surface area contributed by atoms with E-state index in [1.807, 2.05) is 13.8 Å². The minimum atomic E-state index is -0.431. The van der Waals surface area contributed by atoms with Crippen LogP contribution in [0.5, 0.6) is 0 Å². The van der Waals surface area contributed by atoms with Crippen LogP contribution in [0.2, 0.25) is 10.0 Å². The number of hydrogen-bond acceptors (Lipinski definition) is 3. The molecule has 0 spiro atoms. The van der Waals surface area contributed by atoms with Gasteiger partial charge in [-0.2, -0.15) is 0 Å². The van der Waals surface area contributed by atoms with E-state index in [2.05, 4.69) is 10.1 Å². The van der Waals surface area contributed by atoms with Crippen LogP contribution in [0.3, 0.4) is 0 Å². The van der Waals surface area contributed by atoms with Gasteiger partial charge in [-0.1, -0.05) is 29.3 Å². The van der Waals surface area contributed by atoms with E-state index in [9.17, 15) is 4.39 Å². The normalized spacial score (nSPS) is 11.2. The number of aryl methyl sites for hydroxylation is 2. The van der Waals surface area contributed by atoms with E-state index in [1.165, 1.54) is 22.1 Å². The molecule has 114 valence electrons. The molecule has 2 heterocycles. The van der Waals surface area contributed by atoms with Gasteiger partial charge in [-0.05, 0) is 31.5 Å². The molecule has 0 N–H and O–H groups in total. The maximum absolute atomic E-state index is 14.1. The van der Waals surface area contributed by atoms with E-state index >= 15 is 0 Å². The Kier molecular flexibility index (Phi) is 3.97. The molecule has 0 aliphatic heterocycles. The Hall–Kier alpha value is -1.43. The van der Waals surface area contributed by atoms with Crippen molar-refractivity contribution >= 4 is 34.5 Å². The lowest BCUT2D eigenvalue weighted by Gasteiger charge is -2.03. The molecule has 0 radical (unpaired) electrons. The second-order valence-electron chi connectivity index (χ2n) is 4.91. The summed E-state index contributed by atoms with van der Waals surface area (Å²) < 4.78 is 15.6. The highest BCUT2D eigenvalue weighted by molar-refractivity contribution is 7.16. The zero-order valence-electron chi connectivity index (χ0n) is 12.1. The molecule has 3 nitrogen and oxygen atoms in total. The minimum absolute atomic E-state index is 0.242. The average Bonchev–Trinajstić information content (AvgIpc) is 2.95. The van der Waals surface area contributed by atoms with Crippen molar-refractivity contribution in [1.82, 2.24) is 14.8 Å². The van der Waals surface area contributed by atoms with Crippen molar-refractivity contribution < 1.29 is 4.39 Å². The number of rotatable bonds is 2. The summed E-state index contributed by atoms with van der Waals surface area (Å²) in [6.07, 6.45) is 0. The topological polar surface area (TPSA) is 30.7 Å². The summed E-state index contributed by atoms with van der Waals surface area (Å²) in [4.78, 5) is 6.33. The molecule has 0 saturated carbocycles. The Labute approximate surface area is 141 Å². The number of halogens is 3. The predicted octanol–water partition coefficient (Wildman–Crippen LogP) is 5.27. The monoisotopic (exact) mass is 355 g/mol. The Morgan fingerprint density at radius 1 is 1.23 bits per heavy atom. The van der Waals surface area contributed by atoms with Crippen LogP contribution in [0.25, 0.3) is 22.1 Å². The van der Waals surface area contributed by atoms with Crippen molar-refractivity contribution in [1.29, 1.82) is 0 Å². The van der Waals surface area contributed by atoms with E-state index in [-0.39, 0.29) is 5.56 Å². The van der Waals surface area contributed by atoms with Crippen molar-refractivity contribution in [3.05, 3.63) is 44.5 Å². The zero-order chi connectivity index (χ0) is 16.0. The first-order valence-electron chi connectivity index (χ1n) is 6.51. The third-order valence-corrected chi connectivity index (χ3v) is 5.57. The van der Waals surface area contributed by atoms with Crippen LogP contribution in [-0.2, 0) is 7.05 Å². The molecule has 3 aromatic rings. The summed E-state index contributed by atoms with van der Waals surface area (Å²) in [5, 5.41) is 5.30. The van der Waals surface area contributed by atoms with Crippen LogP contribution >= 0.6 is 34.5 Å². The van der Waals surface area contributed by atoms with E-state index in [0.717, 1.165) is 15.3 Å².